The first kappa shape index (κ1) is 15.9. The van der Waals surface area contributed by atoms with Gasteiger partial charge in [0.2, 0.25) is 0 Å². The minimum Gasteiger partial charge on any atom is -0.306 e. The number of anilines is 1. The summed E-state index contributed by atoms with van der Waals surface area (Å²) in [6, 6.07) is 19.2. The molecule has 2 aromatic carbocycles. The lowest BCUT2D eigenvalue weighted by molar-refractivity contribution is 0.103. The molecule has 124 valence electrons. The van der Waals surface area contributed by atoms with E-state index in [2.05, 4.69) is 10.4 Å². The Bertz CT molecular complexity index is 1070. The van der Waals surface area contributed by atoms with Crippen molar-refractivity contribution in [2.45, 2.75) is 6.92 Å². The van der Waals surface area contributed by atoms with E-state index in [1.807, 2.05) is 67.6 Å². The number of amides is 1. The molecule has 1 amide bonds. The normalized spacial score (nSPS) is 11.0. The van der Waals surface area contributed by atoms with Crippen molar-refractivity contribution in [1.29, 1.82) is 0 Å². The lowest BCUT2D eigenvalue weighted by Crippen LogP contribution is -2.14. The van der Waals surface area contributed by atoms with E-state index < -0.39 is 0 Å². The van der Waals surface area contributed by atoms with E-state index >= 15 is 0 Å². The van der Waals surface area contributed by atoms with Crippen molar-refractivity contribution in [3.63, 3.8) is 0 Å². The van der Waals surface area contributed by atoms with Crippen LogP contribution in [0.2, 0.25) is 5.02 Å². The summed E-state index contributed by atoms with van der Waals surface area (Å²) >= 11 is 7.79. The summed E-state index contributed by atoms with van der Waals surface area (Å²) in [5, 5.41) is 8.78. The van der Waals surface area contributed by atoms with Gasteiger partial charge in [0.15, 0.2) is 0 Å². The number of para-hydroxylation sites is 1. The number of benzene rings is 2. The topological polar surface area (TPSA) is 46.9 Å². The van der Waals surface area contributed by atoms with E-state index in [1.54, 1.807) is 4.68 Å². The summed E-state index contributed by atoms with van der Waals surface area (Å²) in [5.41, 5.74) is 1.70. The zero-order valence-electron chi connectivity index (χ0n) is 13.4. The molecule has 4 rings (SSSR count). The number of nitrogens with one attached hydrogen (secondary N) is 1. The van der Waals surface area contributed by atoms with Crippen LogP contribution < -0.4 is 5.32 Å². The van der Waals surface area contributed by atoms with Gasteiger partial charge < -0.3 is 5.32 Å². The van der Waals surface area contributed by atoms with Gasteiger partial charge in [0.05, 0.1) is 16.4 Å². The SMILES string of the molecule is Cc1cc(NC(=O)c2sc3ccccc3c2Cl)n(-c2ccccc2)n1. The van der Waals surface area contributed by atoms with E-state index in [4.69, 9.17) is 11.6 Å². The van der Waals surface area contributed by atoms with Gasteiger partial charge in [-0.1, -0.05) is 48.0 Å². The number of carbonyl (C=O) groups is 1. The number of thiophene rings is 1. The average molecular weight is 368 g/mol. The van der Waals surface area contributed by atoms with Gasteiger partial charge in [0.25, 0.3) is 5.91 Å². The van der Waals surface area contributed by atoms with Crippen molar-refractivity contribution in [3.8, 4) is 5.69 Å². The molecule has 0 saturated heterocycles. The Morgan fingerprint density at radius 3 is 2.60 bits per heavy atom. The number of hydrogen-bond acceptors (Lipinski definition) is 3. The molecule has 0 spiro atoms. The van der Waals surface area contributed by atoms with Crippen molar-refractivity contribution in [2.24, 2.45) is 0 Å². The van der Waals surface area contributed by atoms with Gasteiger partial charge in [0, 0.05) is 16.2 Å². The molecule has 25 heavy (non-hydrogen) atoms. The highest BCUT2D eigenvalue weighted by Crippen LogP contribution is 2.35. The van der Waals surface area contributed by atoms with Crippen LogP contribution in [0.4, 0.5) is 5.82 Å². The Kier molecular flexibility index (Phi) is 4.03. The van der Waals surface area contributed by atoms with Crippen LogP contribution in [0.25, 0.3) is 15.8 Å². The maximum Gasteiger partial charge on any atom is 0.268 e. The van der Waals surface area contributed by atoms with Crippen molar-refractivity contribution in [1.82, 2.24) is 9.78 Å². The van der Waals surface area contributed by atoms with E-state index in [9.17, 15) is 4.79 Å². The lowest BCUT2D eigenvalue weighted by Gasteiger charge is -2.08. The van der Waals surface area contributed by atoms with E-state index in [-0.39, 0.29) is 5.91 Å². The van der Waals surface area contributed by atoms with Crippen molar-refractivity contribution in [3.05, 3.63) is 76.3 Å². The van der Waals surface area contributed by atoms with Crippen LogP contribution in [0.1, 0.15) is 15.4 Å². The van der Waals surface area contributed by atoms with Crippen LogP contribution in [0.3, 0.4) is 0 Å². The minimum atomic E-state index is -0.233. The molecular weight excluding hydrogens is 354 g/mol. The molecule has 0 bridgehead atoms. The third-order valence-corrected chi connectivity index (χ3v) is 5.49. The Morgan fingerprint density at radius 1 is 1.12 bits per heavy atom. The van der Waals surface area contributed by atoms with E-state index in [1.165, 1.54) is 11.3 Å². The molecule has 6 heteroatoms. The number of aromatic nitrogens is 2. The highest BCUT2D eigenvalue weighted by Gasteiger charge is 2.19. The van der Waals surface area contributed by atoms with Crippen molar-refractivity contribution < 1.29 is 4.79 Å². The van der Waals surface area contributed by atoms with Crippen LogP contribution in [0.15, 0.2) is 60.7 Å². The maximum atomic E-state index is 12.8. The summed E-state index contributed by atoms with van der Waals surface area (Å²) in [6.45, 7) is 1.89. The van der Waals surface area contributed by atoms with Gasteiger partial charge in [-0.2, -0.15) is 5.10 Å². The van der Waals surface area contributed by atoms with Crippen LogP contribution in [-0.2, 0) is 0 Å². The summed E-state index contributed by atoms with van der Waals surface area (Å²) < 4.78 is 2.71. The maximum absolute atomic E-state index is 12.8. The molecule has 4 aromatic rings. The molecule has 2 aromatic heterocycles. The average Bonchev–Trinajstić information content (AvgIpc) is 3.16. The Hall–Kier alpha value is -2.63. The predicted octanol–water partition coefficient (Wildman–Crippen LogP) is 5.30. The molecule has 1 N–H and O–H groups in total. The van der Waals surface area contributed by atoms with Gasteiger partial charge in [-0.15, -0.1) is 11.3 Å². The first-order valence-corrected chi connectivity index (χ1v) is 8.93. The fraction of sp³-hybridized carbons (Fsp3) is 0.0526. The van der Waals surface area contributed by atoms with Gasteiger partial charge in [-0.3, -0.25) is 4.79 Å². The minimum absolute atomic E-state index is 0.233. The second-order valence-corrected chi connectivity index (χ2v) is 7.04. The highest BCUT2D eigenvalue weighted by molar-refractivity contribution is 7.21. The quantitative estimate of drug-likeness (QED) is 0.534. The van der Waals surface area contributed by atoms with Crippen molar-refractivity contribution in [2.75, 3.05) is 5.32 Å². The first-order chi connectivity index (χ1) is 12.1. The van der Waals surface area contributed by atoms with Gasteiger partial charge in [0.1, 0.15) is 10.7 Å². The first-order valence-electron chi connectivity index (χ1n) is 7.74. The smallest absolute Gasteiger partial charge is 0.268 e. The Morgan fingerprint density at radius 2 is 1.84 bits per heavy atom. The Balaban J connectivity index is 1.70. The number of hydrogen-bond donors (Lipinski definition) is 1. The second-order valence-electron chi connectivity index (χ2n) is 5.61. The molecule has 0 atom stereocenters. The molecule has 4 nitrogen and oxygen atoms in total. The molecular formula is C19H14ClN3OS. The largest absolute Gasteiger partial charge is 0.306 e. The second kappa shape index (κ2) is 6.35. The fourth-order valence-electron chi connectivity index (χ4n) is 2.69. The summed E-state index contributed by atoms with van der Waals surface area (Å²) in [7, 11) is 0. The van der Waals surface area contributed by atoms with Crippen molar-refractivity contribution >= 4 is 44.7 Å². The molecule has 0 aliphatic carbocycles. The third kappa shape index (κ3) is 2.92. The number of rotatable bonds is 3. The molecule has 0 fully saturated rings. The van der Waals surface area contributed by atoms with Crippen LogP contribution in [0, 0.1) is 6.92 Å². The van der Waals surface area contributed by atoms with Gasteiger partial charge in [-0.05, 0) is 25.1 Å². The molecule has 0 aliphatic heterocycles. The number of carbonyl (C=O) groups excluding carboxylic acids is 1. The summed E-state index contributed by atoms with van der Waals surface area (Å²) in [5.74, 6) is 0.380. The van der Waals surface area contributed by atoms with E-state index in [0.717, 1.165) is 21.5 Å². The Labute approximate surface area is 153 Å². The summed E-state index contributed by atoms with van der Waals surface area (Å²) in [6.07, 6.45) is 0. The molecule has 0 aliphatic rings. The molecule has 0 saturated carbocycles. The van der Waals surface area contributed by atoms with E-state index in [0.29, 0.717) is 15.7 Å². The zero-order chi connectivity index (χ0) is 17.4. The number of aryl methyl sites for hydroxylation is 1. The molecule has 0 unspecified atom stereocenters. The zero-order valence-corrected chi connectivity index (χ0v) is 14.9. The standard InChI is InChI=1S/C19H14ClN3OS/c1-12-11-16(23(22-12)13-7-3-2-4-8-13)21-19(24)18-17(20)14-9-5-6-10-15(14)25-18/h2-11H,1H3,(H,21,24). The van der Waals surface area contributed by atoms with Crippen LogP contribution in [0.5, 0.6) is 0 Å². The fourth-order valence-corrected chi connectivity index (χ4v) is 4.10. The number of fused-ring (bicyclic) bond motifs is 1. The number of nitrogens with zero attached hydrogens (tertiary/aromatic N) is 2. The van der Waals surface area contributed by atoms with Gasteiger partial charge >= 0.3 is 0 Å². The number of halogens is 1. The molecule has 2 heterocycles. The van der Waals surface area contributed by atoms with Crippen LogP contribution >= 0.6 is 22.9 Å². The summed E-state index contributed by atoms with van der Waals surface area (Å²) in [4.78, 5) is 13.3. The monoisotopic (exact) mass is 367 g/mol. The predicted molar refractivity (Wildman–Crippen MR) is 103 cm³/mol. The lowest BCUT2D eigenvalue weighted by atomic mass is 10.2. The van der Waals surface area contributed by atoms with Gasteiger partial charge in [-0.25, -0.2) is 4.68 Å². The third-order valence-electron chi connectivity index (χ3n) is 3.82. The highest BCUT2D eigenvalue weighted by atomic mass is 35.5. The molecule has 0 radical (unpaired) electrons. The van der Waals surface area contributed by atoms with Crippen LogP contribution in [-0.4, -0.2) is 15.7 Å².